The number of carbonyl (C=O) groups excluding carboxylic acids is 1. The monoisotopic (exact) mass is 403 g/mol. The topological polar surface area (TPSA) is 84.1 Å². The number of benzene rings is 1. The minimum absolute atomic E-state index is 0.0302. The Morgan fingerprint density at radius 2 is 1.90 bits per heavy atom. The van der Waals surface area contributed by atoms with Gasteiger partial charge < -0.3 is 15.0 Å². The third-order valence-corrected chi connectivity index (χ3v) is 4.39. The first-order valence-electron chi connectivity index (χ1n) is 10.6. The third kappa shape index (κ3) is 6.39. The lowest BCUT2D eigenvalue weighted by molar-refractivity contribution is -0.154. The van der Waals surface area contributed by atoms with E-state index in [1.807, 2.05) is 33.0 Å². The fraction of sp³-hybridized carbons (Fsp3) is 0.609. The molecule has 0 aliphatic heterocycles. The molecule has 0 saturated carbocycles. The highest BCUT2D eigenvalue weighted by Crippen LogP contribution is 2.32. The molecular weight excluding hydrogens is 366 g/mol. The number of hydrogen-bond acceptors (Lipinski definition) is 5. The van der Waals surface area contributed by atoms with Crippen LogP contribution in [0.5, 0.6) is 0 Å². The van der Waals surface area contributed by atoms with Crippen molar-refractivity contribution < 1.29 is 9.53 Å². The number of rotatable bonds is 3. The number of ether oxygens (including phenoxy) is 1. The summed E-state index contributed by atoms with van der Waals surface area (Å²) in [6.07, 6.45) is 3.25. The molecule has 0 radical (unpaired) electrons. The molecule has 2 aromatic rings. The number of aryl methyl sites for hydroxylation is 1. The van der Waals surface area contributed by atoms with Crippen LogP contribution in [-0.2, 0) is 22.6 Å². The van der Waals surface area contributed by atoms with Gasteiger partial charge in [-0.1, -0.05) is 34.1 Å². The minimum Gasteiger partial charge on any atom is -0.457 e. The van der Waals surface area contributed by atoms with E-state index >= 15 is 0 Å². The molecule has 1 heterocycles. The minimum atomic E-state index is -0.583. The number of hydrogen-bond donors (Lipinski definition) is 2. The number of carbonyl (C=O) groups is 1. The zero-order valence-electron chi connectivity index (χ0n) is 19.2. The number of fused-ring (bicyclic) bond motifs is 2. The average molecular weight is 404 g/mol. The van der Waals surface area contributed by atoms with Crippen LogP contribution in [0.2, 0.25) is 0 Å². The zero-order valence-corrected chi connectivity index (χ0v) is 19.2. The molecule has 1 aliphatic rings. The van der Waals surface area contributed by atoms with Crippen molar-refractivity contribution >= 4 is 16.9 Å². The molecule has 1 atom stereocenters. The number of nitrogens with one attached hydrogen (secondary N) is 2. The maximum absolute atomic E-state index is 12.4. The largest absolute Gasteiger partial charge is 0.457 e. The molecule has 0 saturated heterocycles. The van der Waals surface area contributed by atoms with Gasteiger partial charge in [0.15, 0.2) is 0 Å². The van der Waals surface area contributed by atoms with Crippen LogP contribution < -0.4 is 10.9 Å². The van der Waals surface area contributed by atoms with Gasteiger partial charge in [-0.25, -0.2) is 4.98 Å². The van der Waals surface area contributed by atoms with Crippen molar-refractivity contribution in [1.82, 2.24) is 15.3 Å². The molecule has 6 heteroatoms. The van der Waals surface area contributed by atoms with Crippen molar-refractivity contribution in [3.8, 4) is 0 Å². The fourth-order valence-electron chi connectivity index (χ4n) is 3.01. The molecule has 1 unspecified atom stereocenters. The smallest absolute Gasteiger partial charge is 0.311 e. The van der Waals surface area contributed by atoms with E-state index in [0.717, 1.165) is 12.8 Å². The van der Waals surface area contributed by atoms with Gasteiger partial charge in [0.05, 0.1) is 16.3 Å². The van der Waals surface area contributed by atoms with Crippen LogP contribution in [0.25, 0.3) is 10.9 Å². The van der Waals surface area contributed by atoms with Gasteiger partial charge in [0.2, 0.25) is 0 Å². The summed E-state index contributed by atoms with van der Waals surface area (Å²) in [5.41, 5.74) is 2.25. The van der Waals surface area contributed by atoms with E-state index < -0.39 is 5.41 Å². The predicted molar refractivity (Wildman–Crippen MR) is 119 cm³/mol. The number of nitrogens with zero attached hydrogens (tertiary/aromatic N) is 1. The summed E-state index contributed by atoms with van der Waals surface area (Å²) in [4.78, 5) is 31.4. The summed E-state index contributed by atoms with van der Waals surface area (Å²) in [7, 11) is 1.93. The van der Waals surface area contributed by atoms with Gasteiger partial charge in [-0.15, -0.1) is 0 Å². The fourth-order valence-corrected chi connectivity index (χ4v) is 3.01. The first-order chi connectivity index (χ1) is 13.7. The standard InChI is InChI=1S/C18H23N3O3.C3H8.C2H6/c1-18(2,3)17(23)24-9-15-20-14-7-10-5-6-13(19-4)11(10)8-12(14)16(22)21-15;1-3-2;1-2/h7-8,13,19H,5-6,9H2,1-4H3,(H,20,21,22);3H2,1-2H3;1-2H3. The zero-order chi connectivity index (χ0) is 22.2. The summed E-state index contributed by atoms with van der Waals surface area (Å²) in [6.45, 7) is 13.6. The Bertz CT molecular complexity index is 866. The highest BCUT2D eigenvalue weighted by molar-refractivity contribution is 5.80. The van der Waals surface area contributed by atoms with Crippen LogP contribution in [0.1, 0.15) is 84.3 Å². The van der Waals surface area contributed by atoms with Gasteiger partial charge in [0.1, 0.15) is 12.4 Å². The molecule has 1 aliphatic carbocycles. The molecule has 3 rings (SSSR count). The van der Waals surface area contributed by atoms with Gasteiger partial charge in [0.25, 0.3) is 5.56 Å². The van der Waals surface area contributed by atoms with E-state index in [9.17, 15) is 9.59 Å². The predicted octanol–water partition coefficient (Wildman–Crippen LogP) is 4.66. The number of H-pyrrole nitrogens is 1. The second kappa shape index (κ2) is 11.1. The SMILES string of the molecule is CC.CCC.CNC1CCc2cc3nc(COC(=O)C(C)(C)C)[nH]c(=O)c3cc21. The number of aromatic nitrogens is 2. The molecule has 162 valence electrons. The third-order valence-electron chi connectivity index (χ3n) is 4.39. The Labute approximate surface area is 174 Å². The molecule has 6 nitrogen and oxygen atoms in total. The summed E-state index contributed by atoms with van der Waals surface area (Å²) in [5, 5.41) is 3.84. The second-order valence-corrected chi connectivity index (χ2v) is 7.99. The average Bonchev–Trinajstić information content (AvgIpc) is 3.08. The Morgan fingerprint density at radius 3 is 2.45 bits per heavy atom. The Balaban J connectivity index is 0.000000771. The lowest BCUT2D eigenvalue weighted by Crippen LogP contribution is -2.24. The van der Waals surface area contributed by atoms with Gasteiger partial charge in [-0.05, 0) is 63.9 Å². The van der Waals surface area contributed by atoms with Crippen molar-refractivity contribution in [2.24, 2.45) is 5.41 Å². The normalized spacial score (nSPS) is 15.0. The van der Waals surface area contributed by atoms with Crippen molar-refractivity contribution in [2.75, 3.05) is 7.05 Å². The van der Waals surface area contributed by atoms with Gasteiger partial charge in [-0.3, -0.25) is 9.59 Å². The van der Waals surface area contributed by atoms with Crippen LogP contribution in [0.4, 0.5) is 0 Å². The van der Waals surface area contributed by atoms with Crippen LogP contribution in [0, 0.1) is 5.41 Å². The quantitative estimate of drug-likeness (QED) is 0.728. The maximum Gasteiger partial charge on any atom is 0.311 e. The van der Waals surface area contributed by atoms with E-state index in [1.165, 1.54) is 17.5 Å². The van der Waals surface area contributed by atoms with E-state index in [4.69, 9.17) is 4.74 Å². The van der Waals surface area contributed by atoms with E-state index in [0.29, 0.717) is 16.7 Å². The molecule has 1 aromatic heterocycles. The van der Waals surface area contributed by atoms with Crippen molar-refractivity contribution in [2.45, 2.75) is 80.4 Å². The first kappa shape index (κ1) is 24.8. The molecule has 1 aromatic carbocycles. The highest BCUT2D eigenvalue weighted by atomic mass is 16.5. The Kier molecular flexibility index (Phi) is 9.50. The highest BCUT2D eigenvalue weighted by Gasteiger charge is 2.24. The lowest BCUT2D eigenvalue weighted by atomic mass is 9.97. The summed E-state index contributed by atoms with van der Waals surface area (Å²) < 4.78 is 5.24. The number of esters is 1. The molecule has 0 amide bonds. The van der Waals surface area contributed by atoms with Crippen LogP contribution >= 0.6 is 0 Å². The van der Waals surface area contributed by atoms with Crippen molar-refractivity contribution in [1.29, 1.82) is 0 Å². The van der Waals surface area contributed by atoms with E-state index in [1.54, 1.807) is 20.8 Å². The Hall–Kier alpha value is -2.21. The van der Waals surface area contributed by atoms with E-state index in [-0.39, 0.29) is 24.2 Å². The molecule has 2 N–H and O–H groups in total. The van der Waals surface area contributed by atoms with Gasteiger partial charge in [0, 0.05) is 6.04 Å². The first-order valence-corrected chi connectivity index (χ1v) is 10.6. The summed E-state index contributed by atoms with van der Waals surface area (Å²) in [5.74, 6) is 0.0456. The number of aromatic amines is 1. The molecular formula is C23H37N3O3. The second-order valence-electron chi connectivity index (χ2n) is 7.99. The van der Waals surface area contributed by atoms with Crippen LogP contribution in [-0.4, -0.2) is 23.0 Å². The van der Waals surface area contributed by atoms with Crippen LogP contribution in [0.3, 0.4) is 0 Å². The van der Waals surface area contributed by atoms with Gasteiger partial charge >= 0.3 is 5.97 Å². The molecule has 0 fully saturated rings. The summed E-state index contributed by atoms with van der Waals surface area (Å²) >= 11 is 0. The van der Waals surface area contributed by atoms with Crippen molar-refractivity contribution in [3.05, 3.63) is 39.4 Å². The Morgan fingerprint density at radius 1 is 1.28 bits per heavy atom. The van der Waals surface area contributed by atoms with E-state index in [2.05, 4.69) is 29.1 Å². The summed E-state index contributed by atoms with van der Waals surface area (Å²) in [6, 6.07) is 4.19. The van der Waals surface area contributed by atoms with Crippen molar-refractivity contribution in [3.63, 3.8) is 0 Å². The lowest BCUT2D eigenvalue weighted by Gasteiger charge is -2.16. The molecule has 0 spiro atoms. The van der Waals surface area contributed by atoms with Crippen LogP contribution in [0.15, 0.2) is 16.9 Å². The molecule has 0 bridgehead atoms. The maximum atomic E-state index is 12.4. The molecule has 29 heavy (non-hydrogen) atoms. The van der Waals surface area contributed by atoms with Gasteiger partial charge in [-0.2, -0.15) is 0 Å².